The number of aromatic nitrogens is 2. The average molecular weight is 293 g/mol. The molecule has 0 spiro atoms. The van der Waals surface area contributed by atoms with Gasteiger partial charge in [0.05, 0.1) is 5.69 Å². The number of likely N-dealkylation sites (N-methyl/N-ethyl adjacent to an activating group) is 1. The van der Waals surface area contributed by atoms with Gasteiger partial charge < -0.3 is 5.32 Å². The Kier molecular flexibility index (Phi) is 3.50. The number of nitrogens with one attached hydrogen (secondary N) is 1. The monoisotopic (exact) mass is 293 g/mol. The molecule has 0 fully saturated rings. The van der Waals surface area contributed by atoms with Crippen LogP contribution in [0.25, 0.3) is 4.96 Å². The molecule has 20 heavy (non-hydrogen) atoms. The SMILES string of the molecule is CNC(Cc1cn2ccsc2n1)c1cc(F)ccc1F. The molecule has 0 aliphatic rings. The second-order valence-electron chi connectivity index (χ2n) is 4.54. The van der Waals surface area contributed by atoms with Crippen molar-refractivity contribution < 1.29 is 8.78 Å². The van der Waals surface area contributed by atoms with Crippen molar-refractivity contribution in [3.8, 4) is 0 Å². The Hall–Kier alpha value is -1.79. The van der Waals surface area contributed by atoms with Gasteiger partial charge in [0.25, 0.3) is 0 Å². The average Bonchev–Trinajstić information content (AvgIpc) is 3.00. The molecular formula is C14H13F2N3S. The highest BCUT2D eigenvalue weighted by molar-refractivity contribution is 7.15. The Morgan fingerprint density at radius 3 is 3.00 bits per heavy atom. The number of fused-ring (bicyclic) bond motifs is 1. The zero-order valence-electron chi connectivity index (χ0n) is 10.8. The first-order valence-corrected chi connectivity index (χ1v) is 7.08. The maximum atomic E-state index is 13.8. The molecule has 2 heterocycles. The second kappa shape index (κ2) is 5.30. The van der Waals surface area contributed by atoms with E-state index in [1.807, 2.05) is 22.2 Å². The summed E-state index contributed by atoms with van der Waals surface area (Å²) < 4.78 is 29.0. The molecule has 3 nitrogen and oxygen atoms in total. The third-order valence-electron chi connectivity index (χ3n) is 3.24. The van der Waals surface area contributed by atoms with Crippen LogP contribution in [0.5, 0.6) is 0 Å². The van der Waals surface area contributed by atoms with E-state index in [-0.39, 0.29) is 6.04 Å². The second-order valence-corrected chi connectivity index (χ2v) is 5.41. The molecule has 104 valence electrons. The summed E-state index contributed by atoms with van der Waals surface area (Å²) in [6.07, 6.45) is 4.34. The topological polar surface area (TPSA) is 29.3 Å². The molecule has 1 N–H and O–H groups in total. The summed E-state index contributed by atoms with van der Waals surface area (Å²) in [5.74, 6) is -0.848. The zero-order valence-corrected chi connectivity index (χ0v) is 11.6. The standard InChI is InChI=1S/C14H13F2N3S/c1-17-13(11-6-9(15)2-3-12(11)16)7-10-8-19-4-5-20-14(19)18-10/h2-6,8,13,17H,7H2,1H3. The van der Waals surface area contributed by atoms with E-state index in [1.165, 1.54) is 6.07 Å². The van der Waals surface area contributed by atoms with Crippen molar-refractivity contribution in [1.29, 1.82) is 0 Å². The van der Waals surface area contributed by atoms with Crippen LogP contribution in [0, 0.1) is 11.6 Å². The maximum absolute atomic E-state index is 13.8. The molecule has 1 atom stereocenters. The first-order valence-electron chi connectivity index (χ1n) is 6.20. The molecule has 0 bridgehead atoms. The highest BCUT2D eigenvalue weighted by atomic mass is 32.1. The fourth-order valence-electron chi connectivity index (χ4n) is 2.23. The summed E-state index contributed by atoms with van der Waals surface area (Å²) >= 11 is 1.54. The van der Waals surface area contributed by atoms with Crippen molar-refractivity contribution in [3.63, 3.8) is 0 Å². The van der Waals surface area contributed by atoms with Gasteiger partial charge in [-0.15, -0.1) is 11.3 Å². The highest BCUT2D eigenvalue weighted by Gasteiger charge is 2.17. The smallest absolute Gasteiger partial charge is 0.193 e. The van der Waals surface area contributed by atoms with Crippen LogP contribution < -0.4 is 5.32 Å². The van der Waals surface area contributed by atoms with Crippen molar-refractivity contribution in [2.75, 3.05) is 7.05 Å². The van der Waals surface area contributed by atoms with Crippen molar-refractivity contribution >= 4 is 16.3 Å². The lowest BCUT2D eigenvalue weighted by Crippen LogP contribution is -2.20. The quantitative estimate of drug-likeness (QED) is 0.800. The van der Waals surface area contributed by atoms with Gasteiger partial charge in [0.2, 0.25) is 0 Å². The number of hydrogen-bond acceptors (Lipinski definition) is 3. The molecule has 1 aromatic carbocycles. The van der Waals surface area contributed by atoms with Gasteiger partial charge in [-0.25, -0.2) is 13.8 Å². The summed E-state index contributed by atoms with van der Waals surface area (Å²) in [6, 6.07) is 3.20. The number of halogens is 2. The van der Waals surface area contributed by atoms with E-state index in [1.54, 1.807) is 18.4 Å². The summed E-state index contributed by atoms with van der Waals surface area (Å²) in [5, 5.41) is 4.97. The minimum absolute atomic E-state index is 0.310. The van der Waals surface area contributed by atoms with Crippen molar-refractivity contribution in [2.45, 2.75) is 12.5 Å². The molecule has 0 saturated carbocycles. The van der Waals surface area contributed by atoms with E-state index in [9.17, 15) is 8.78 Å². The van der Waals surface area contributed by atoms with Gasteiger partial charge in [-0.1, -0.05) is 0 Å². The van der Waals surface area contributed by atoms with Crippen LogP contribution in [-0.4, -0.2) is 16.4 Å². The van der Waals surface area contributed by atoms with Gasteiger partial charge in [-0.05, 0) is 25.2 Å². The van der Waals surface area contributed by atoms with Crippen LogP contribution in [-0.2, 0) is 6.42 Å². The van der Waals surface area contributed by atoms with Crippen LogP contribution >= 0.6 is 11.3 Å². The van der Waals surface area contributed by atoms with Gasteiger partial charge in [0.1, 0.15) is 11.6 Å². The summed E-state index contributed by atoms with van der Waals surface area (Å²) in [5.41, 5.74) is 1.17. The fraction of sp³-hybridized carbons (Fsp3) is 0.214. The minimum atomic E-state index is -0.438. The molecule has 3 rings (SSSR count). The molecule has 3 aromatic rings. The Labute approximate surface area is 118 Å². The van der Waals surface area contributed by atoms with Crippen molar-refractivity contribution in [2.24, 2.45) is 0 Å². The number of hydrogen-bond donors (Lipinski definition) is 1. The summed E-state index contributed by atoms with van der Waals surface area (Å²) in [7, 11) is 1.73. The van der Waals surface area contributed by atoms with Gasteiger partial charge in [-0.3, -0.25) is 4.40 Å². The van der Waals surface area contributed by atoms with E-state index < -0.39 is 11.6 Å². The molecule has 0 radical (unpaired) electrons. The van der Waals surface area contributed by atoms with E-state index in [2.05, 4.69) is 10.3 Å². The fourth-order valence-corrected chi connectivity index (χ4v) is 2.95. The van der Waals surface area contributed by atoms with Gasteiger partial charge in [0, 0.05) is 35.8 Å². The first-order chi connectivity index (χ1) is 9.67. The Balaban J connectivity index is 1.89. The largest absolute Gasteiger partial charge is 0.313 e. The Bertz CT molecular complexity index is 706. The van der Waals surface area contributed by atoms with Crippen molar-refractivity contribution in [1.82, 2.24) is 14.7 Å². The lowest BCUT2D eigenvalue weighted by atomic mass is 10.0. The van der Waals surface area contributed by atoms with Crippen LogP contribution in [0.3, 0.4) is 0 Å². The molecule has 0 aliphatic heterocycles. The summed E-state index contributed by atoms with van der Waals surface area (Å²) in [6.45, 7) is 0. The van der Waals surface area contributed by atoms with Crippen LogP contribution in [0.1, 0.15) is 17.3 Å². The van der Waals surface area contributed by atoms with Gasteiger partial charge >= 0.3 is 0 Å². The molecule has 6 heteroatoms. The van der Waals surface area contributed by atoms with Crippen LogP contribution in [0.2, 0.25) is 0 Å². The Morgan fingerprint density at radius 1 is 1.40 bits per heavy atom. The van der Waals surface area contributed by atoms with Crippen LogP contribution in [0.4, 0.5) is 8.78 Å². The van der Waals surface area contributed by atoms with E-state index >= 15 is 0 Å². The third kappa shape index (κ3) is 2.44. The van der Waals surface area contributed by atoms with Crippen LogP contribution in [0.15, 0.2) is 36.0 Å². The molecular weight excluding hydrogens is 280 g/mol. The highest BCUT2D eigenvalue weighted by Crippen LogP contribution is 2.22. The number of imidazole rings is 1. The molecule has 0 saturated heterocycles. The third-order valence-corrected chi connectivity index (χ3v) is 4.01. The molecule has 1 unspecified atom stereocenters. The predicted molar refractivity (Wildman–Crippen MR) is 74.9 cm³/mol. The van der Waals surface area contributed by atoms with Crippen molar-refractivity contribution in [3.05, 3.63) is 58.9 Å². The van der Waals surface area contributed by atoms with Gasteiger partial charge in [-0.2, -0.15) is 0 Å². The Morgan fingerprint density at radius 2 is 2.25 bits per heavy atom. The maximum Gasteiger partial charge on any atom is 0.193 e. The summed E-state index contributed by atoms with van der Waals surface area (Å²) in [4.78, 5) is 5.36. The lowest BCUT2D eigenvalue weighted by Gasteiger charge is -2.16. The zero-order chi connectivity index (χ0) is 14.1. The van der Waals surface area contributed by atoms with E-state index in [0.29, 0.717) is 12.0 Å². The number of rotatable bonds is 4. The molecule has 0 amide bonds. The molecule has 0 aliphatic carbocycles. The van der Waals surface area contributed by atoms with Gasteiger partial charge in [0.15, 0.2) is 4.96 Å². The lowest BCUT2D eigenvalue weighted by molar-refractivity contribution is 0.520. The number of benzene rings is 1. The predicted octanol–water partition coefficient (Wildman–Crippen LogP) is 3.18. The van der Waals surface area contributed by atoms with E-state index in [0.717, 1.165) is 22.8 Å². The number of thiazole rings is 1. The van der Waals surface area contributed by atoms with E-state index in [4.69, 9.17) is 0 Å². The first kappa shape index (κ1) is 13.2. The number of nitrogens with zero attached hydrogens (tertiary/aromatic N) is 2. The minimum Gasteiger partial charge on any atom is -0.313 e. The molecule has 2 aromatic heterocycles. The normalized spacial score (nSPS) is 12.9.